The summed E-state index contributed by atoms with van der Waals surface area (Å²) in [4.78, 5) is 24.8. The third kappa shape index (κ3) is 6.19. The summed E-state index contributed by atoms with van der Waals surface area (Å²) in [5, 5.41) is 12.2. The molecule has 2 aromatic rings. The van der Waals surface area contributed by atoms with Crippen molar-refractivity contribution in [2.75, 3.05) is 6.61 Å². The van der Waals surface area contributed by atoms with Crippen LogP contribution in [0.25, 0.3) is 5.57 Å². The van der Waals surface area contributed by atoms with E-state index in [9.17, 15) is 14.7 Å². The van der Waals surface area contributed by atoms with Crippen LogP contribution in [0, 0.1) is 0 Å². The van der Waals surface area contributed by atoms with Crippen LogP contribution >= 0.6 is 63.7 Å². The van der Waals surface area contributed by atoms with Gasteiger partial charge in [0.25, 0.3) is 0 Å². The first-order valence-corrected chi connectivity index (χ1v) is 11.9. The summed E-state index contributed by atoms with van der Waals surface area (Å²) in [6.45, 7) is 1.99. The van der Waals surface area contributed by atoms with Crippen molar-refractivity contribution in [2.24, 2.45) is 0 Å². The van der Waals surface area contributed by atoms with Gasteiger partial charge in [0.2, 0.25) is 5.78 Å². The number of halogens is 4. The van der Waals surface area contributed by atoms with Crippen molar-refractivity contribution in [3.05, 3.63) is 88.7 Å². The van der Waals surface area contributed by atoms with Crippen molar-refractivity contribution in [1.82, 2.24) is 0 Å². The smallest absolute Gasteiger partial charge is 0.871 e. The second kappa shape index (κ2) is 12.0. The normalized spacial score (nSPS) is 13.2. The van der Waals surface area contributed by atoms with Crippen molar-refractivity contribution in [3.8, 4) is 5.75 Å². The summed E-state index contributed by atoms with van der Waals surface area (Å²) in [5.41, 5.74) is 3.03. The fourth-order valence-corrected chi connectivity index (χ4v) is 5.35. The van der Waals surface area contributed by atoms with Gasteiger partial charge < -0.3 is 9.84 Å². The zero-order valence-electron chi connectivity index (χ0n) is 16.5. The molecule has 0 saturated heterocycles. The van der Waals surface area contributed by atoms with Crippen LogP contribution in [0.5, 0.6) is 5.75 Å². The van der Waals surface area contributed by atoms with E-state index < -0.39 is 5.97 Å². The zero-order valence-corrected chi connectivity index (χ0v) is 25.9. The summed E-state index contributed by atoms with van der Waals surface area (Å²) in [6, 6.07) is 10.4. The second-order valence-corrected chi connectivity index (χ2v) is 9.60. The Bertz CT molecular complexity index is 1100. The maximum atomic E-state index is 12.6. The molecule has 1 aliphatic carbocycles. The molecule has 0 amide bonds. The van der Waals surface area contributed by atoms with Gasteiger partial charge in [0.1, 0.15) is 0 Å². The summed E-state index contributed by atoms with van der Waals surface area (Å²) < 4.78 is 6.72. The first kappa shape index (κ1) is 27.4. The predicted octanol–water partition coefficient (Wildman–Crippen LogP) is 3.41. The fourth-order valence-electron chi connectivity index (χ4n) is 2.97. The molecule has 4 nitrogen and oxygen atoms in total. The number of hydrogen-bond acceptors (Lipinski definition) is 4. The Hall–Kier alpha value is 0.156. The minimum absolute atomic E-state index is 0. The number of hydrogen-bond donors (Lipinski definition) is 0. The number of ether oxygens (including phenoxy) is 1. The summed E-state index contributed by atoms with van der Waals surface area (Å²) in [5.74, 6) is -0.828. The number of ketones is 1. The van der Waals surface area contributed by atoms with Gasteiger partial charge in [-0.05, 0) is 91.4 Å². The van der Waals surface area contributed by atoms with Gasteiger partial charge in [0.15, 0.2) is 0 Å². The molecule has 2 aromatic carbocycles. The maximum absolute atomic E-state index is 12.6. The monoisotopic (exact) mass is 696 g/mol. The average molecular weight is 700 g/mol. The van der Waals surface area contributed by atoms with Crippen molar-refractivity contribution >= 4 is 81.0 Å². The molecule has 31 heavy (non-hydrogen) atoms. The first-order valence-electron chi connectivity index (χ1n) is 8.70. The Morgan fingerprint density at radius 1 is 0.968 bits per heavy atom. The van der Waals surface area contributed by atoms with Crippen LogP contribution < -0.4 is 56.5 Å². The summed E-state index contributed by atoms with van der Waals surface area (Å²) in [6.07, 6.45) is 3.38. The molecular weight excluding hydrogens is 687 g/mol. The Balaban J connectivity index is 0.00000341. The van der Waals surface area contributed by atoms with Crippen LogP contribution in [-0.2, 0) is 9.53 Å². The Morgan fingerprint density at radius 3 is 2.00 bits per heavy atom. The van der Waals surface area contributed by atoms with Gasteiger partial charge in [0.05, 0.1) is 21.1 Å². The molecule has 0 N–H and O–H groups in total. The van der Waals surface area contributed by atoms with E-state index in [0.29, 0.717) is 45.7 Å². The maximum Gasteiger partial charge on any atom is 1.00 e. The number of esters is 1. The van der Waals surface area contributed by atoms with E-state index in [1.165, 1.54) is 0 Å². The van der Waals surface area contributed by atoms with Gasteiger partial charge in [-0.15, -0.1) is 0 Å². The van der Waals surface area contributed by atoms with E-state index in [4.69, 9.17) is 4.74 Å². The molecule has 0 heterocycles. The average Bonchev–Trinajstić information content (AvgIpc) is 2.71. The van der Waals surface area contributed by atoms with Crippen LogP contribution in [-0.4, -0.2) is 18.4 Å². The summed E-state index contributed by atoms with van der Waals surface area (Å²) >= 11 is 13.2. The molecule has 0 aliphatic heterocycles. The molecule has 154 valence electrons. The largest absolute Gasteiger partial charge is 1.00 e. The van der Waals surface area contributed by atoms with E-state index in [-0.39, 0.29) is 69.5 Å². The fraction of sp³-hybridized carbons (Fsp3) is 0.0909. The molecule has 0 radical (unpaired) electrons. The molecule has 3 rings (SSSR count). The van der Waals surface area contributed by atoms with Crippen molar-refractivity contribution < 1.29 is 70.8 Å². The molecule has 0 fully saturated rings. The van der Waals surface area contributed by atoms with Crippen molar-refractivity contribution in [1.29, 1.82) is 0 Å². The van der Waals surface area contributed by atoms with Crippen LogP contribution in [0.2, 0.25) is 0 Å². The first-order chi connectivity index (χ1) is 14.2. The molecule has 9 heteroatoms. The number of rotatable bonds is 4. The van der Waals surface area contributed by atoms with Gasteiger partial charge >= 0.3 is 57.4 Å². The van der Waals surface area contributed by atoms with E-state index >= 15 is 0 Å². The van der Waals surface area contributed by atoms with Crippen LogP contribution in [0.4, 0.5) is 0 Å². The Morgan fingerprint density at radius 2 is 1.48 bits per heavy atom. The predicted molar refractivity (Wildman–Crippen MR) is 129 cm³/mol. The Kier molecular flexibility index (Phi) is 10.6. The number of benzene rings is 2. The summed E-state index contributed by atoms with van der Waals surface area (Å²) in [7, 11) is 0. The molecular formula is C22H13Br4KO4. The number of Topliss-reactive ketones (excluding diaryl/α,β-unsaturated/α-hetero) is 1. The van der Waals surface area contributed by atoms with Gasteiger partial charge in [-0.1, -0.05) is 55.8 Å². The van der Waals surface area contributed by atoms with Gasteiger partial charge in [-0.2, -0.15) is 0 Å². The van der Waals surface area contributed by atoms with Crippen LogP contribution in [0.3, 0.4) is 0 Å². The van der Waals surface area contributed by atoms with E-state index in [1.807, 2.05) is 6.07 Å². The molecule has 0 bridgehead atoms. The minimum atomic E-state index is -0.456. The quantitative estimate of drug-likeness (QED) is 0.363. The molecule has 0 spiro atoms. The molecule has 0 atom stereocenters. The molecule has 0 saturated carbocycles. The Labute approximate surface area is 256 Å². The van der Waals surface area contributed by atoms with Crippen LogP contribution in [0.15, 0.2) is 72.0 Å². The second-order valence-electron chi connectivity index (χ2n) is 6.18. The van der Waals surface area contributed by atoms with Crippen molar-refractivity contribution in [3.63, 3.8) is 0 Å². The molecule has 0 aromatic heterocycles. The number of carbonyl (C=O) groups is 2. The third-order valence-electron chi connectivity index (χ3n) is 4.27. The van der Waals surface area contributed by atoms with Crippen LogP contribution in [0.1, 0.15) is 28.4 Å². The minimum Gasteiger partial charge on any atom is -0.871 e. The number of allylic oxidation sites excluding steroid dienone is 5. The molecule has 0 unspecified atom stereocenters. The zero-order chi connectivity index (χ0) is 22.0. The van der Waals surface area contributed by atoms with Gasteiger partial charge in [-0.3, -0.25) is 4.79 Å². The molecule has 1 aliphatic rings. The van der Waals surface area contributed by atoms with Gasteiger partial charge in [-0.25, -0.2) is 4.79 Å². The van der Waals surface area contributed by atoms with E-state index in [0.717, 1.165) is 0 Å². The number of carbonyl (C=O) groups excluding carboxylic acids is 2. The third-order valence-corrected chi connectivity index (χ3v) is 6.62. The van der Waals surface area contributed by atoms with E-state index in [2.05, 4.69) is 63.7 Å². The SMILES string of the molecule is CCOC(=O)c1ccccc1C(=C1C=C(Br)C(=O)C(Br)=C1)c1cc(Br)c([O-])c(Br)c1.[K+]. The standard InChI is InChI=1S/C22H14Br4O4.K/c1-2-30-22(29)14-6-4-3-5-13(14)19(11-7-15(23)20(27)16(24)8-11)12-9-17(25)21(28)18(26)10-12;/h3-10,27H,2H2,1H3;/q;+1/p-1. The van der Waals surface area contributed by atoms with Crippen molar-refractivity contribution in [2.45, 2.75) is 6.92 Å². The van der Waals surface area contributed by atoms with Gasteiger partial charge in [0, 0.05) is 8.95 Å². The topological polar surface area (TPSA) is 66.4 Å². The van der Waals surface area contributed by atoms with E-state index in [1.54, 1.807) is 49.4 Å².